The molecule has 0 atom stereocenters. The Morgan fingerprint density at radius 3 is 2.38 bits per heavy atom. The van der Waals surface area contributed by atoms with Gasteiger partial charge in [-0.2, -0.15) is 0 Å². The first kappa shape index (κ1) is 14.9. The number of hydrogen-bond donors (Lipinski definition) is 1. The number of phenolic OH excluding ortho intramolecular Hbond substituents is 1. The number of benzene rings is 1. The van der Waals surface area contributed by atoms with Crippen LogP contribution in [0.5, 0.6) is 5.75 Å². The van der Waals surface area contributed by atoms with E-state index >= 15 is 0 Å². The number of hydrogen-bond acceptors (Lipinski definition) is 2. The maximum absolute atomic E-state index is 12.6. The van der Waals surface area contributed by atoms with E-state index in [-0.39, 0.29) is 11.7 Å². The molecule has 1 saturated carbocycles. The van der Waals surface area contributed by atoms with Crippen LogP contribution in [0.3, 0.4) is 0 Å². The average Bonchev–Trinajstić information content (AvgIpc) is 2.48. The van der Waals surface area contributed by atoms with Crippen LogP contribution in [0, 0.1) is 5.41 Å². The third kappa shape index (κ3) is 3.10. The Balaban J connectivity index is 1.67. The molecule has 1 aromatic rings. The van der Waals surface area contributed by atoms with Gasteiger partial charge in [0.25, 0.3) is 5.91 Å². The topological polar surface area (TPSA) is 40.5 Å². The molecule has 3 nitrogen and oxygen atoms in total. The molecule has 3 rings (SSSR count). The summed E-state index contributed by atoms with van der Waals surface area (Å²) in [4.78, 5) is 14.5. The smallest absolute Gasteiger partial charge is 0.257 e. The number of halogens is 1. The van der Waals surface area contributed by atoms with Gasteiger partial charge in [0.15, 0.2) is 0 Å². The van der Waals surface area contributed by atoms with Crippen LogP contribution in [0.2, 0.25) is 0 Å². The summed E-state index contributed by atoms with van der Waals surface area (Å²) in [5, 5.41) is 9.96. The third-order valence-corrected chi connectivity index (χ3v) is 5.71. The van der Waals surface area contributed by atoms with Crippen molar-refractivity contribution in [2.45, 2.75) is 44.9 Å². The lowest BCUT2D eigenvalue weighted by atomic mass is 9.68. The predicted molar refractivity (Wildman–Crippen MR) is 86.5 cm³/mol. The summed E-state index contributed by atoms with van der Waals surface area (Å²) in [5.74, 6) is 0.0259. The number of phenols is 1. The lowest BCUT2D eigenvalue weighted by molar-refractivity contribution is 0.0470. The Morgan fingerprint density at radius 1 is 1.10 bits per heavy atom. The van der Waals surface area contributed by atoms with E-state index < -0.39 is 0 Å². The molecular formula is C17H22BrNO2. The monoisotopic (exact) mass is 351 g/mol. The van der Waals surface area contributed by atoms with Crippen molar-refractivity contribution in [3.63, 3.8) is 0 Å². The molecular weight excluding hydrogens is 330 g/mol. The van der Waals surface area contributed by atoms with Crippen molar-refractivity contribution in [1.29, 1.82) is 0 Å². The van der Waals surface area contributed by atoms with Crippen molar-refractivity contribution < 1.29 is 9.90 Å². The van der Waals surface area contributed by atoms with Gasteiger partial charge in [0.2, 0.25) is 0 Å². The van der Waals surface area contributed by atoms with E-state index in [2.05, 4.69) is 15.9 Å². The molecule has 1 aliphatic heterocycles. The molecule has 1 heterocycles. The first-order chi connectivity index (χ1) is 10.1. The molecule has 1 aromatic carbocycles. The van der Waals surface area contributed by atoms with Crippen LogP contribution < -0.4 is 0 Å². The third-order valence-electron chi connectivity index (χ3n) is 5.22. The van der Waals surface area contributed by atoms with E-state index in [1.54, 1.807) is 18.2 Å². The Labute approximate surface area is 134 Å². The first-order valence-electron chi connectivity index (χ1n) is 7.88. The van der Waals surface area contributed by atoms with Gasteiger partial charge in [0, 0.05) is 17.6 Å². The van der Waals surface area contributed by atoms with Gasteiger partial charge in [0.1, 0.15) is 5.75 Å². The van der Waals surface area contributed by atoms with Gasteiger partial charge >= 0.3 is 0 Å². The maximum atomic E-state index is 12.6. The second-order valence-electron chi connectivity index (χ2n) is 6.51. The van der Waals surface area contributed by atoms with Gasteiger partial charge in [-0.25, -0.2) is 0 Å². The molecule has 0 unspecified atom stereocenters. The van der Waals surface area contributed by atoms with E-state index in [9.17, 15) is 9.90 Å². The van der Waals surface area contributed by atoms with Gasteiger partial charge in [0.05, 0.1) is 5.56 Å². The van der Waals surface area contributed by atoms with Gasteiger partial charge in [-0.1, -0.05) is 35.2 Å². The van der Waals surface area contributed by atoms with E-state index in [1.807, 2.05) is 4.90 Å². The van der Waals surface area contributed by atoms with Gasteiger partial charge < -0.3 is 10.0 Å². The minimum atomic E-state index is -0.0364. The summed E-state index contributed by atoms with van der Waals surface area (Å²) < 4.78 is 0.788. The second kappa shape index (κ2) is 5.99. The molecule has 1 saturated heterocycles. The fourth-order valence-corrected chi connectivity index (χ4v) is 4.19. The maximum Gasteiger partial charge on any atom is 0.257 e. The van der Waals surface area contributed by atoms with Crippen molar-refractivity contribution in [3.05, 3.63) is 28.2 Å². The number of piperidine rings is 1. The summed E-state index contributed by atoms with van der Waals surface area (Å²) in [6.07, 6.45) is 8.98. The predicted octanol–water partition coefficient (Wildman–Crippen LogP) is 4.34. The van der Waals surface area contributed by atoms with Crippen LogP contribution in [0.25, 0.3) is 0 Å². The molecule has 0 radical (unpaired) electrons. The van der Waals surface area contributed by atoms with Crippen molar-refractivity contribution in [2.24, 2.45) is 5.41 Å². The quantitative estimate of drug-likeness (QED) is 0.817. The highest BCUT2D eigenvalue weighted by Gasteiger charge is 2.37. The van der Waals surface area contributed by atoms with E-state index in [1.165, 1.54) is 32.1 Å². The molecule has 2 aliphatic rings. The highest BCUT2D eigenvalue weighted by atomic mass is 79.9. The molecule has 1 aliphatic carbocycles. The molecule has 0 aromatic heterocycles. The minimum absolute atomic E-state index is 0.0364. The lowest BCUT2D eigenvalue weighted by Gasteiger charge is -2.44. The fraction of sp³-hybridized carbons (Fsp3) is 0.588. The number of nitrogens with zero attached hydrogens (tertiary/aromatic N) is 1. The van der Waals surface area contributed by atoms with Crippen molar-refractivity contribution in [2.75, 3.05) is 13.1 Å². The number of carbonyl (C=O) groups excluding carboxylic acids is 1. The van der Waals surface area contributed by atoms with Crippen molar-refractivity contribution in [1.82, 2.24) is 4.90 Å². The second-order valence-corrected chi connectivity index (χ2v) is 7.43. The van der Waals surface area contributed by atoms with E-state index in [0.29, 0.717) is 11.0 Å². The largest absolute Gasteiger partial charge is 0.507 e. The zero-order chi connectivity index (χ0) is 14.9. The Morgan fingerprint density at radius 2 is 1.76 bits per heavy atom. The molecule has 114 valence electrons. The summed E-state index contributed by atoms with van der Waals surface area (Å²) in [6.45, 7) is 1.66. The number of carbonyl (C=O) groups is 1. The number of amides is 1. The molecule has 1 amide bonds. The highest BCUT2D eigenvalue weighted by molar-refractivity contribution is 9.10. The molecule has 0 bridgehead atoms. The van der Waals surface area contributed by atoms with Crippen molar-refractivity contribution >= 4 is 21.8 Å². The number of aromatic hydroxyl groups is 1. The summed E-state index contributed by atoms with van der Waals surface area (Å²) >= 11 is 3.30. The first-order valence-corrected chi connectivity index (χ1v) is 8.67. The number of likely N-dealkylation sites (tertiary alicyclic amines) is 1. The van der Waals surface area contributed by atoms with Crippen LogP contribution in [0.1, 0.15) is 55.3 Å². The van der Waals surface area contributed by atoms with Crippen LogP contribution in [0.15, 0.2) is 22.7 Å². The van der Waals surface area contributed by atoms with Crippen LogP contribution in [0.4, 0.5) is 0 Å². The normalized spacial score (nSPS) is 21.5. The SMILES string of the molecule is O=C(c1ccc(Br)cc1O)N1CCC2(CCCCC2)CC1. The molecule has 2 fully saturated rings. The van der Waals surface area contributed by atoms with E-state index in [4.69, 9.17) is 0 Å². The van der Waals surface area contributed by atoms with Crippen LogP contribution >= 0.6 is 15.9 Å². The Hall–Kier alpha value is -1.03. The summed E-state index contributed by atoms with van der Waals surface area (Å²) in [7, 11) is 0. The van der Waals surface area contributed by atoms with Gasteiger partial charge in [-0.05, 0) is 49.3 Å². The zero-order valence-electron chi connectivity index (χ0n) is 12.3. The highest BCUT2D eigenvalue weighted by Crippen LogP contribution is 2.44. The molecule has 4 heteroatoms. The van der Waals surface area contributed by atoms with Gasteiger partial charge in [-0.3, -0.25) is 4.79 Å². The molecule has 21 heavy (non-hydrogen) atoms. The summed E-state index contributed by atoms with van der Waals surface area (Å²) in [5.41, 5.74) is 0.911. The summed E-state index contributed by atoms with van der Waals surface area (Å²) in [6, 6.07) is 5.09. The molecule has 1 spiro atoms. The fourth-order valence-electron chi connectivity index (χ4n) is 3.84. The standard InChI is InChI=1S/C17H22BrNO2/c18-13-4-5-14(15(20)12-13)16(21)19-10-8-17(9-11-19)6-2-1-3-7-17/h4-5,12,20H,1-3,6-11H2. The Bertz CT molecular complexity index is 528. The number of rotatable bonds is 1. The minimum Gasteiger partial charge on any atom is -0.507 e. The lowest BCUT2D eigenvalue weighted by Crippen LogP contribution is -2.43. The van der Waals surface area contributed by atoms with Gasteiger partial charge in [-0.15, -0.1) is 0 Å². The van der Waals surface area contributed by atoms with Crippen LogP contribution in [-0.4, -0.2) is 29.0 Å². The Kier molecular flexibility index (Phi) is 4.25. The van der Waals surface area contributed by atoms with Crippen molar-refractivity contribution in [3.8, 4) is 5.75 Å². The van der Waals surface area contributed by atoms with E-state index in [0.717, 1.165) is 30.4 Å². The average molecular weight is 352 g/mol. The molecule has 1 N–H and O–H groups in total. The van der Waals surface area contributed by atoms with Crippen LogP contribution in [-0.2, 0) is 0 Å². The zero-order valence-corrected chi connectivity index (χ0v) is 13.9.